The van der Waals surface area contributed by atoms with Gasteiger partial charge >= 0.3 is 0 Å². The summed E-state index contributed by atoms with van der Waals surface area (Å²) in [5, 5.41) is 21.6. The molecule has 0 aromatic heterocycles. The molecule has 0 aromatic carbocycles. The Morgan fingerprint density at radius 2 is 1.10 bits per heavy atom. The van der Waals surface area contributed by atoms with Gasteiger partial charge in [0, 0.05) is 0 Å². The lowest BCUT2D eigenvalue weighted by atomic mass is 9.52. The van der Waals surface area contributed by atoms with Gasteiger partial charge in [-0.25, -0.2) is 0 Å². The molecular formula is C39H63O2. The molecule has 8 fully saturated rings. The van der Waals surface area contributed by atoms with Crippen molar-refractivity contribution in [3.63, 3.8) is 0 Å². The molecule has 8 aliphatic carbocycles. The van der Waals surface area contributed by atoms with Gasteiger partial charge in [-0.2, -0.15) is 0 Å². The highest BCUT2D eigenvalue weighted by molar-refractivity contribution is 5.17. The standard InChI is InChI=1S/C39H63O2/c1-6-29(40)14-25-12-27-17-32(25)38(34-20(4)22-8-9-23(34)11-22)36(27)37-28-13-26(15-30(41)7-2)33(18-28)39(37)35-21(5)24-10-19(3)31(35)16-24/h9,19-41H,6-8,10-18H2,1-5H3. The molecule has 0 amide bonds. The lowest BCUT2D eigenvalue weighted by Gasteiger charge is -2.53. The maximum atomic E-state index is 10.8. The van der Waals surface area contributed by atoms with Crippen LogP contribution in [0.1, 0.15) is 112 Å². The van der Waals surface area contributed by atoms with Crippen molar-refractivity contribution < 1.29 is 10.2 Å². The molecule has 0 heterocycles. The fraction of sp³-hybridized carbons (Fsp3) is 0.974. The van der Waals surface area contributed by atoms with Crippen molar-refractivity contribution in [2.75, 3.05) is 0 Å². The van der Waals surface area contributed by atoms with Crippen molar-refractivity contribution in [1.29, 1.82) is 0 Å². The van der Waals surface area contributed by atoms with E-state index in [1.54, 1.807) is 0 Å². The van der Waals surface area contributed by atoms with E-state index in [0.29, 0.717) is 0 Å². The monoisotopic (exact) mass is 563 g/mol. The predicted octanol–water partition coefficient (Wildman–Crippen LogP) is 8.51. The van der Waals surface area contributed by atoms with E-state index in [-0.39, 0.29) is 12.2 Å². The minimum atomic E-state index is -0.0835. The summed E-state index contributed by atoms with van der Waals surface area (Å²) in [5.41, 5.74) is 0. The second-order valence-corrected chi connectivity index (χ2v) is 18.1. The minimum Gasteiger partial charge on any atom is -0.393 e. The van der Waals surface area contributed by atoms with E-state index in [2.05, 4.69) is 41.0 Å². The van der Waals surface area contributed by atoms with Crippen LogP contribution >= 0.6 is 0 Å². The summed E-state index contributed by atoms with van der Waals surface area (Å²) in [6.45, 7) is 12.3. The molecular weight excluding hydrogens is 500 g/mol. The van der Waals surface area contributed by atoms with Gasteiger partial charge in [0.05, 0.1) is 12.2 Å². The molecule has 0 aliphatic heterocycles. The van der Waals surface area contributed by atoms with E-state index in [1.165, 1.54) is 51.4 Å². The molecule has 1 radical (unpaired) electrons. The van der Waals surface area contributed by atoms with Crippen LogP contribution in [-0.4, -0.2) is 22.4 Å². The number of rotatable bonds is 9. The Hall–Kier alpha value is -0.0800. The van der Waals surface area contributed by atoms with Crippen molar-refractivity contribution in [3.8, 4) is 0 Å². The van der Waals surface area contributed by atoms with Gasteiger partial charge in [0.15, 0.2) is 0 Å². The molecule has 8 saturated carbocycles. The minimum absolute atomic E-state index is 0.0822. The highest BCUT2D eigenvalue weighted by atomic mass is 16.3. The first-order valence-corrected chi connectivity index (χ1v) is 19.0. The first-order chi connectivity index (χ1) is 19.8. The van der Waals surface area contributed by atoms with Gasteiger partial charge in [-0.15, -0.1) is 0 Å². The number of hydrogen-bond donors (Lipinski definition) is 2. The molecule has 8 rings (SSSR count). The van der Waals surface area contributed by atoms with Crippen LogP contribution in [0.4, 0.5) is 0 Å². The van der Waals surface area contributed by atoms with Gasteiger partial charge in [-0.1, -0.05) is 34.6 Å². The molecule has 21 unspecified atom stereocenters. The predicted molar refractivity (Wildman–Crippen MR) is 166 cm³/mol. The Morgan fingerprint density at radius 3 is 1.61 bits per heavy atom. The topological polar surface area (TPSA) is 40.5 Å². The molecule has 2 heteroatoms. The second-order valence-electron chi connectivity index (χ2n) is 18.1. The molecule has 0 spiro atoms. The number of aliphatic hydroxyl groups is 2. The summed E-state index contributed by atoms with van der Waals surface area (Å²) >= 11 is 0. The molecule has 2 nitrogen and oxygen atoms in total. The summed E-state index contributed by atoms with van der Waals surface area (Å²) in [7, 11) is 0. The van der Waals surface area contributed by atoms with Crippen LogP contribution in [0.25, 0.3) is 0 Å². The van der Waals surface area contributed by atoms with Crippen molar-refractivity contribution in [2.45, 2.75) is 124 Å². The van der Waals surface area contributed by atoms with Crippen LogP contribution in [0.3, 0.4) is 0 Å². The fourth-order valence-electron chi connectivity index (χ4n) is 15.6. The van der Waals surface area contributed by atoms with Crippen molar-refractivity contribution >= 4 is 0 Å². The first-order valence-electron chi connectivity index (χ1n) is 19.0. The molecule has 8 bridgehead atoms. The second kappa shape index (κ2) is 10.5. The number of hydrogen-bond acceptors (Lipinski definition) is 2. The van der Waals surface area contributed by atoms with Crippen LogP contribution in [0.15, 0.2) is 0 Å². The fourth-order valence-corrected chi connectivity index (χ4v) is 15.6. The Kier molecular flexibility index (Phi) is 7.27. The number of fused-ring (bicyclic) bond motifs is 8. The van der Waals surface area contributed by atoms with Gasteiger partial charge < -0.3 is 10.2 Å². The third-order valence-corrected chi connectivity index (χ3v) is 17.0. The van der Waals surface area contributed by atoms with Crippen LogP contribution in [0, 0.1) is 119 Å². The van der Waals surface area contributed by atoms with E-state index >= 15 is 0 Å². The number of aliphatic hydroxyl groups excluding tert-OH is 2. The van der Waals surface area contributed by atoms with Gasteiger partial charge in [0.1, 0.15) is 0 Å². The molecule has 8 aliphatic rings. The molecule has 21 atom stereocenters. The van der Waals surface area contributed by atoms with Crippen LogP contribution in [0.5, 0.6) is 0 Å². The Balaban J connectivity index is 1.15. The van der Waals surface area contributed by atoms with Gasteiger partial charge in [-0.05, 0) is 196 Å². The van der Waals surface area contributed by atoms with Crippen LogP contribution < -0.4 is 0 Å². The summed E-state index contributed by atoms with van der Waals surface area (Å²) in [6.07, 6.45) is 18.4. The Labute approximate surface area is 252 Å². The van der Waals surface area contributed by atoms with E-state index in [9.17, 15) is 10.2 Å². The molecule has 2 N–H and O–H groups in total. The quantitative estimate of drug-likeness (QED) is 0.295. The third-order valence-electron chi connectivity index (χ3n) is 17.0. The van der Waals surface area contributed by atoms with Crippen molar-refractivity contribution in [1.82, 2.24) is 0 Å². The zero-order valence-corrected chi connectivity index (χ0v) is 27.1. The summed E-state index contributed by atoms with van der Waals surface area (Å²) in [6, 6.07) is 0. The molecule has 0 aromatic rings. The van der Waals surface area contributed by atoms with E-state index in [0.717, 1.165) is 138 Å². The van der Waals surface area contributed by atoms with E-state index in [1.807, 2.05) is 0 Å². The summed E-state index contributed by atoms with van der Waals surface area (Å²) in [4.78, 5) is 0. The summed E-state index contributed by atoms with van der Waals surface area (Å²) in [5.74, 6) is 17.6. The van der Waals surface area contributed by atoms with E-state index < -0.39 is 0 Å². The maximum absolute atomic E-state index is 10.8. The van der Waals surface area contributed by atoms with E-state index in [4.69, 9.17) is 0 Å². The third kappa shape index (κ3) is 4.20. The smallest absolute Gasteiger partial charge is 0.0540 e. The van der Waals surface area contributed by atoms with Crippen LogP contribution in [0.2, 0.25) is 0 Å². The highest BCUT2D eigenvalue weighted by Crippen LogP contribution is 2.74. The zero-order chi connectivity index (χ0) is 28.3. The van der Waals surface area contributed by atoms with Crippen LogP contribution in [-0.2, 0) is 0 Å². The van der Waals surface area contributed by atoms with Gasteiger partial charge in [0.25, 0.3) is 0 Å². The highest BCUT2D eigenvalue weighted by Gasteiger charge is 2.68. The SMILES string of the molecule is CCC(O)CC1CC2CC1C(C1C3[CH]CC(C3)C1C)C2C1C2CC(CC(O)CC)C(C2)C1C1C(C)C2CC(C)C1C2. The largest absolute Gasteiger partial charge is 0.393 e. The zero-order valence-electron chi connectivity index (χ0n) is 27.1. The normalized spacial score (nSPS) is 59.6. The molecule has 41 heavy (non-hydrogen) atoms. The molecule has 231 valence electrons. The van der Waals surface area contributed by atoms with Crippen molar-refractivity contribution in [3.05, 3.63) is 6.42 Å². The Bertz CT molecular complexity index is 959. The Morgan fingerprint density at radius 1 is 0.561 bits per heavy atom. The van der Waals surface area contributed by atoms with Gasteiger partial charge in [0.2, 0.25) is 0 Å². The average molecular weight is 564 g/mol. The molecule has 0 saturated heterocycles. The maximum Gasteiger partial charge on any atom is 0.0540 e. The lowest BCUT2D eigenvalue weighted by molar-refractivity contribution is -0.0586. The first kappa shape index (κ1) is 28.4. The lowest BCUT2D eigenvalue weighted by Crippen LogP contribution is -2.49. The van der Waals surface area contributed by atoms with Crippen molar-refractivity contribution in [2.24, 2.45) is 112 Å². The average Bonchev–Trinajstić information content (AvgIpc) is 3.80. The summed E-state index contributed by atoms with van der Waals surface area (Å²) < 4.78 is 0. The van der Waals surface area contributed by atoms with Gasteiger partial charge in [-0.3, -0.25) is 0 Å².